The van der Waals surface area contributed by atoms with E-state index in [0.717, 1.165) is 0 Å². The van der Waals surface area contributed by atoms with Crippen LogP contribution in [-0.4, -0.2) is 10.9 Å². The van der Waals surface area contributed by atoms with Gasteiger partial charge in [0.15, 0.2) is 6.39 Å². The number of hydrogen-bond donors (Lipinski definition) is 1. The Morgan fingerprint density at radius 3 is 2.75 bits per heavy atom. The van der Waals surface area contributed by atoms with Crippen molar-refractivity contribution in [1.29, 1.82) is 0 Å². The lowest BCUT2D eigenvalue weighted by molar-refractivity contribution is -0.115. The van der Waals surface area contributed by atoms with Gasteiger partial charge in [0.25, 0.3) is 0 Å². The fraction of sp³-hybridized carbons (Fsp3) is 0.0909. The Kier molecular flexibility index (Phi) is 2.95. The fourth-order valence-corrected chi connectivity index (χ4v) is 1.23. The molecule has 1 aromatic heterocycles. The van der Waals surface area contributed by atoms with Crippen LogP contribution in [0.15, 0.2) is 41.3 Å². The minimum atomic E-state index is -0.338. The summed E-state index contributed by atoms with van der Waals surface area (Å²) in [7, 11) is 0. The van der Waals surface area contributed by atoms with Crippen LogP contribution in [0.5, 0.6) is 0 Å². The van der Waals surface area contributed by atoms with Crippen molar-refractivity contribution >= 4 is 11.6 Å². The van der Waals surface area contributed by atoms with Gasteiger partial charge in [-0.25, -0.2) is 9.37 Å². The first kappa shape index (κ1) is 10.4. The van der Waals surface area contributed by atoms with Crippen molar-refractivity contribution in [2.75, 3.05) is 5.32 Å². The summed E-state index contributed by atoms with van der Waals surface area (Å²) in [6.07, 6.45) is 2.80. The van der Waals surface area contributed by atoms with Crippen LogP contribution in [0.1, 0.15) is 5.69 Å². The number of aromatic nitrogens is 1. The van der Waals surface area contributed by atoms with Crippen LogP contribution in [0.3, 0.4) is 0 Å². The highest BCUT2D eigenvalue weighted by molar-refractivity contribution is 5.91. The van der Waals surface area contributed by atoms with Crippen molar-refractivity contribution in [3.8, 4) is 0 Å². The van der Waals surface area contributed by atoms with Gasteiger partial charge in [-0.15, -0.1) is 0 Å². The molecular weight excluding hydrogens is 211 g/mol. The maximum atomic E-state index is 12.6. The van der Waals surface area contributed by atoms with Gasteiger partial charge in [0.2, 0.25) is 5.91 Å². The number of carbonyl (C=O) groups excluding carboxylic acids is 1. The van der Waals surface area contributed by atoms with E-state index < -0.39 is 0 Å². The highest BCUT2D eigenvalue weighted by atomic mass is 19.1. The van der Waals surface area contributed by atoms with Gasteiger partial charge in [0.05, 0.1) is 12.1 Å². The van der Waals surface area contributed by atoms with Crippen molar-refractivity contribution in [1.82, 2.24) is 4.98 Å². The number of nitrogens with one attached hydrogen (secondary N) is 1. The lowest BCUT2D eigenvalue weighted by atomic mass is 10.3. The average Bonchev–Trinajstić information content (AvgIpc) is 2.74. The quantitative estimate of drug-likeness (QED) is 0.860. The molecule has 0 bridgehead atoms. The van der Waals surface area contributed by atoms with E-state index in [0.29, 0.717) is 11.4 Å². The maximum Gasteiger partial charge on any atom is 0.230 e. The molecule has 2 aromatic rings. The summed E-state index contributed by atoms with van der Waals surface area (Å²) in [6, 6.07) is 5.56. The molecule has 1 amide bonds. The van der Waals surface area contributed by atoms with E-state index >= 15 is 0 Å². The van der Waals surface area contributed by atoms with Gasteiger partial charge >= 0.3 is 0 Å². The summed E-state index contributed by atoms with van der Waals surface area (Å²) >= 11 is 0. The summed E-state index contributed by atoms with van der Waals surface area (Å²) in [5.41, 5.74) is 1.11. The minimum absolute atomic E-state index is 0.133. The Morgan fingerprint density at radius 2 is 2.12 bits per heavy atom. The van der Waals surface area contributed by atoms with Crippen LogP contribution in [0, 0.1) is 5.82 Å². The largest absolute Gasteiger partial charge is 0.451 e. The predicted octanol–water partition coefficient (Wildman–Crippen LogP) is 1.99. The zero-order valence-electron chi connectivity index (χ0n) is 8.31. The van der Waals surface area contributed by atoms with E-state index in [2.05, 4.69) is 10.3 Å². The molecule has 1 heterocycles. The monoisotopic (exact) mass is 220 g/mol. The number of carbonyl (C=O) groups is 1. The van der Waals surface area contributed by atoms with Gasteiger partial charge in [0.1, 0.15) is 12.1 Å². The van der Waals surface area contributed by atoms with Gasteiger partial charge in [-0.3, -0.25) is 4.79 Å². The Hall–Kier alpha value is -2.17. The van der Waals surface area contributed by atoms with Crippen molar-refractivity contribution in [2.24, 2.45) is 0 Å². The zero-order valence-corrected chi connectivity index (χ0v) is 8.31. The second kappa shape index (κ2) is 4.57. The van der Waals surface area contributed by atoms with E-state index in [1.54, 1.807) is 0 Å². The lowest BCUT2D eigenvalue weighted by Gasteiger charge is -2.02. The molecule has 82 valence electrons. The van der Waals surface area contributed by atoms with E-state index in [-0.39, 0.29) is 18.1 Å². The molecule has 0 aliphatic carbocycles. The summed E-state index contributed by atoms with van der Waals surface area (Å²) in [5.74, 6) is -0.560. The molecule has 2 rings (SSSR count). The van der Waals surface area contributed by atoms with Gasteiger partial charge in [0, 0.05) is 5.69 Å². The number of hydrogen-bond acceptors (Lipinski definition) is 3. The third kappa shape index (κ3) is 2.66. The third-order valence-electron chi connectivity index (χ3n) is 1.95. The Labute approximate surface area is 91.1 Å². The smallest absolute Gasteiger partial charge is 0.230 e. The van der Waals surface area contributed by atoms with Crippen molar-refractivity contribution in [3.63, 3.8) is 0 Å². The fourth-order valence-electron chi connectivity index (χ4n) is 1.23. The van der Waals surface area contributed by atoms with Crippen LogP contribution in [-0.2, 0) is 11.2 Å². The van der Waals surface area contributed by atoms with Crippen LogP contribution in [0.4, 0.5) is 10.1 Å². The second-order valence-corrected chi connectivity index (χ2v) is 3.21. The second-order valence-electron chi connectivity index (χ2n) is 3.21. The number of halogens is 1. The number of benzene rings is 1. The average molecular weight is 220 g/mol. The summed E-state index contributed by atoms with van der Waals surface area (Å²) in [4.78, 5) is 15.3. The summed E-state index contributed by atoms with van der Waals surface area (Å²) in [5, 5.41) is 2.62. The maximum absolute atomic E-state index is 12.6. The van der Waals surface area contributed by atoms with Crippen molar-refractivity contribution in [3.05, 3.63) is 48.4 Å². The Bertz CT molecular complexity index is 465. The molecule has 0 spiro atoms. The van der Waals surface area contributed by atoms with Gasteiger partial charge in [-0.1, -0.05) is 0 Å². The molecule has 0 saturated carbocycles. The molecule has 1 aromatic carbocycles. The Balaban J connectivity index is 1.95. The van der Waals surface area contributed by atoms with Crippen LogP contribution in [0.25, 0.3) is 0 Å². The van der Waals surface area contributed by atoms with E-state index in [1.807, 2.05) is 0 Å². The molecule has 0 aliphatic heterocycles. The molecule has 4 nitrogen and oxygen atoms in total. The number of rotatable bonds is 3. The van der Waals surface area contributed by atoms with E-state index in [9.17, 15) is 9.18 Å². The van der Waals surface area contributed by atoms with E-state index in [1.165, 1.54) is 36.9 Å². The first-order valence-corrected chi connectivity index (χ1v) is 4.66. The first-order chi connectivity index (χ1) is 7.74. The van der Waals surface area contributed by atoms with E-state index in [4.69, 9.17) is 4.42 Å². The standard InChI is InChI=1S/C11H9FN2O2/c12-8-1-3-9(4-2-8)14-11(15)5-10-6-16-7-13-10/h1-4,6-7H,5H2,(H,14,15). The molecule has 0 saturated heterocycles. The normalized spacial score (nSPS) is 10.1. The van der Waals surface area contributed by atoms with Gasteiger partial charge in [-0.05, 0) is 24.3 Å². The lowest BCUT2D eigenvalue weighted by Crippen LogP contribution is -2.14. The third-order valence-corrected chi connectivity index (χ3v) is 1.95. The highest BCUT2D eigenvalue weighted by Gasteiger charge is 2.05. The van der Waals surface area contributed by atoms with Crippen LogP contribution in [0.2, 0.25) is 0 Å². The predicted molar refractivity (Wildman–Crippen MR) is 55.2 cm³/mol. The summed E-state index contributed by atoms with van der Waals surface area (Å²) in [6.45, 7) is 0. The van der Waals surface area contributed by atoms with Gasteiger partial charge < -0.3 is 9.73 Å². The molecular formula is C11H9FN2O2. The molecule has 0 aliphatic rings. The highest BCUT2D eigenvalue weighted by Crippen LogP contribution is 2.08. The molecule has 0 fully saturated rings. The van der Waals surface area contributed by atoms with Crippen molar-refractivity contribution < 1.29 is 13.6 Å². The summed E-state index contributed by atoms with van der Waals surface area (Å²) < 4.78 is 17.3. The van der Waals surface area contributed by atoms with Crippen molar-refractivity contribution in [2.45, 2.75) is 6.42 Å². The molecule has 1 N–H and O–H groups in total. The molecule has 0 atom stereocenters. The number of oxazole rings is 1. The number of amides is 1. The van der Waals surface area contributed by atoms with Crippen LogP contribution >= 0.6 is 0 Å². The first-order valence-electron chi connectivity index (χ1n) is 4.66. The molecule has 16 heavy (non-hydrogen) atoms. The molecule has 0 radical (unpaired) electrons. The molecule has 5 heteroatoms. The SMILES string of the molecule is O=C(Cc1cocn1)Nc1ccc(F)cc1. The number of anilines is 1. The van der Waals surface area contributed by atoms with Gasteiger partial charge in [-0.2, -0.15) is 0 Å². The zero-order chi connectivity index (χ0) is 11.4. The topological polar surface area (TPSA) is 55.1 Å². The Morgan fingerprint density at radius 1 is 1.38 bits per heavy atom. The molecule has 0 unspecified atom stereocenters. The number of nitrogens with zero attached hydrogens (tertiary/aromatic N) is 1. The minimum Gasteiger partial charge on any atom is -0.451 e. The van der Waals surface area contributed by atoms with Crippen LogP contribution < -0.4 is 5.32 Å².